The van der Waals surface area contributed by atoms with E-state index in [1.165, 1.54) is 5.57 Å². The van der Waals surface area contributed by atoms with Crippen molar-refractivity contribution in [1.82, 2.24) is 0 Å². The molecule has 0 heterocycles. The fraction of sp³-hybridized carbons (Fsp3) is 0.778. The van der Waals surface area contributed by atoms with Crippen LogP contribution >= 0.6 is 0 Å². The summed E-state index contributed by atoms with van der Waals surface area (Å²) in [5.74, 6) is 0.882. The zero-order chi connectivity index (χ0) is 16.3. The number of allylic oxidation sites excluding steroid dienone is 1. The summed E-state index contributed by atoms with van der Waals surface area (Å²) < 4.78 is 6.38. The molecular weight excluding hydrogens is 276 g/mol. The highest BCUT2D eigenvalue weighted by Crippen LogP contribution is 2.37. The van der Waals surface area contributed by atoms with Gasteiger partial charge in [0.25, 0.3) is 0 Å². The van der Waals surface area contributed by atoms with Crippen LogP contribution in [-0.4, -0.2) is 26.6 Å². The van der Waals surface area contributed by atoms with Gasteiger partial charge in [-0.15, -0.1) is 0 Å². The number of rotatable bonds is 5. The molecule has 0 amide bonds. The SMILES string of the molecule is CC(C)C1=CC(CO[Si](C)(C)C(C)(C)C)C=C(CO)CC1. The van der Waals surface area contributed by atoms with Gasteiger partial charge in [-0.05, 0) is 42.5 Å². The minimum atomic E-state index is -1.71. The molecule has 0 aromatic heterocycles. The Labute approximate surface area is 132 Å². The van der Waals surface area contributed by atoms with E-state index in [9.17, 15) is 5.11 Å². The van der Waals surface area contributed by atoms with Gasteiger partial charge in [0, 0.05) is 12.5 Å². The molecule has 122 valence electrons. The van der Waals surface area contributed by atoms with E-state index in [2.05, 4.69) is 59.9 Å². The third-order valence-corrected chi connectivity index (χ3v) is 9.50. The molecule has 0 fully saturated rings. The van der Waals surface area contributed by atoms with E-state index in [0.29, 0.717) is 11.8 Å². The van der Waals surface area contributed by atoms with Crippen molar-refractivity contribution in [1.29, 1.82) is 0 Å². The fourth-order valence-electron chi connectivity index (χ4n) is 2.33. The molecule has 0 bridgehead atoms. The molecule has 1 N–H and O–H groups in total. The molecule has 0 aliphatic heterocycles. The van der Waals surface area contributed by atoms with Crippen LogP contribution in [0, 0.1) is 11.8 Å². The quantitative estimate of drug-likeness (QED) is 0.577. The number of aliphatic hydroxyl groups excluding tert-OH is 1. The average Bonchev–Trinajstić information content (AvgIpc) is 2.57. The Morgan fingerprint density at radius 3 is 2.33 bits per heavy atom. The highest BCUT2D eigenvalue weighted by molar-refractivity contribution is 6.74. The predicted molar refractivity (Wildman–Crippen MR) is 94.0 cm³/mol. The first-order valence-electron chi connectivity index (χ1n) is 8.22. The van der Waals surface area contributed by atoms with Gasteiger partial charge in [-0.3, -0.25) is 0 Å². The van der Waals surface area contributed by atoms with Gasteiger partial charge in [-0.2, -0.15) is 0 Å². The normalized spacial score (nSPS) is 21.1. The molecular formula is C18H34O2Si. The van der Waals surface area contributed by atoms with Crippen molar-refractivity contribution in [3.05, 3.63) is 23.3 Å². The number of hydrogen-bond donors (Lipinski definition) is 1. The van der Waals surface area contributed by atoms with Crippen LogP contribution in [0.3, 0.4) is 0 Å². The van der Waals surface area contributed by atoms with E-state index >= 15 is 0 Å². The van der Waals surface area contributed by atoms with E-state index in [0.717, 1.165) is 25.0 Å². The zero-order valence-corrected chi connectivity index (χ0v) is 16.0. The minimum Gasteiger partial charge on any atom is -0.416 e. The van der Waals surface area contributed by atoms with Crippen molar-refractivity contribution in [3.63, 3.8) is 0 Å². The summed E-state index contributed by atoms with van der Waals surface area (Å²) in [5.41, 5.74) is 2.66. The topological polar surface area (TPSA) is 29.5 Å². The number of hydrogen-bond acceptors (Lipinski definition) is 2. The summed E-state index contributed by atoms with van der Waals surface area (Å²) in [4.78, 5) is 0. The summed E-state index contributed by atoms with van der Waals surface area (Å²) in [6, 6.07) is 0. The van der Waals surface area contributed by atoms with Crippen LogP contribution in [0.4, 0.5) is 0 Å². The van der Waals surface area contributed by atoms with Crippen LogP contribution in [0.5, 0.6) is 0 Å². The van der Waals surface area contributed by atoms with E-state index in [1.807, 2.05) is 0 Å². The van der Waals surface area contributed by atoms with E-state index in [4.69, 9.17) is 4.43 Å². The van der Waals surface area contributed by atoms with Crippen LogP contribution in [0.25, 0.3) is 0 Å². The Hall–Kier alpha value is -0.383. The highest BCUT2D eigenvalue weighted by atomic mass is 28.4. The molecule has 1 aliphatic rings. The second-order valence-corrected chi connectivity index (χ2v) is 12.9. The Balaban J connectivity index is 2.83. The number of aliphatic hydroxyl groups is 1. The van der Waals surface area contributed by atoms with Crippen molar-refractivity contribution in [3.8, 4) is 0 Å². The summed E-state index contributed by atoms with van der Waals surface area (Å²) in [6.45, 7) is 16.8. The lowest BCUT2D eigenvalue weighted by Crippen LogP contribution is -2.41. The maximum Gasteiger partial charge on any atom is 0.192 e. The third kappa shape index (κ3) is 5.39. The van der Waals surface area contributed by atoms with Gasteiger partial charge in [0.1, 0.15) is 0 Å². The van der Waals surface area contributed by atoms with Gasteiger partial charge in [-0.1, -0.05) is 52.3 Å². The van der Waals surface area contributed by atoms with Crippen molar-refractivity contribution in [2.45, 2.75) is 65.6 Å². The van der Waals surface area contributed by atoms with Gasteiger partial charge in [0.05, 0.1) is 6.61 Å². The first-order chi connectivity index (χ1) is 9.56. The third-order valence-electron chi connectivity index (χ3n) is 5.00. The lowest BCUT2D eigenvalue weighted by Gasteiger charge is -2.36. The molecule has 1 atom stereocenters. The van der Waals surface area contributed by atoms with Crippen LogP contribution in [0.15, 0.2) is 23.3 Å². The standard InChI is InChI=1S/C18H34O2Si/c1-14(2)17-9-8-15(12-19)10-16(11-17)13-20-21(6,7)18(3,4)5/h10-11,14,16,19H,8-9,12-13H2,1-7H3. The highest BCUT2D eigenvalue weighted by Gasteiger charge is 2.37. The van der Waals surface area contributed by atoms with Gasteiger partial charge >= 0.3 is 0 Å². The molecule has 0 aromatic carbocycles. The largest absolute Gasteiger partial charge is 0.416 e. The second-order valence-electron chi connectivity index (χ2n) is 8.11. The maximum atomic E-state index is 9.49. The smallest absolute Gasteiger partial charge is 0.192 e. The van der Waals surface area contributed by atoms with E-state index in [1.54, 1.807) is 0 Å². The van der Waals surface area contributed by atoms with Crippen molar-refractivity contribution in [2.75, 3.05) is 13.2 Å². The zero-order valence-electron chi connectivity index (χ0n) is 15.0. The molecule has 0 saturated heterocycles. The first kappa shape index (κ1) is 18.7. The van der Waals surface area contributed by atoms with Gasteiger partial charge in [-0.25, -0.2) is 0 Å². The molecule has 0 aromatic rings. The van der Waals surface area contributed by atoms with Gasteiger partial charge in [0.2, 0.25) is 0 Å². The van der Waals surface area contributed by atoms with E-state index in [-0.39, 0.29) is 11.6 Å². The maximum absolute atomic E-state index is 9.49. The van der Waals surface area contributed by atoms with E-state index < -0.39 is 8.32 Å². The minimum absolute atomic E-state index is 0.176. The van der Waals surface area contributed by atoms with Crippen LogP contribution in [0.2, 0.25) is 18.1 Å². The molecule has 1 rings (SSSR count). The predicted octanol–water partition coefficient (Wildman–Crippen LogP) is 4.92. The summed E-state index contributed by atoms with van der Waals surface area (Å²) >= 11 is 0. The van der Waals surface area contributed by atoms with Gasteiger partial charge in [0.15, 0.2) is 8.32 Å². The molecule has 3 heteroatoms. The molecule has 21 heavy (non-hydrogen) atoms. The Morgan fingerprint density at radius 2 is 1.86 bits per heavy atom. The van der Waals surface area contributed by atoms with Crippen LogP contribution in [-0.2, 0) is 4.43 Å². The van der Waals surface area contributed by atoms with Crippen LogP contribution in [0.1, 0.15) is 47.5 Å². The monoisotopic (exact) mass is 310 g/mol. The molecule has 0 spiro atoms. The molecule has 0 saturated carbocycles. The second kappa shape index (κ2) is 7.25. The Kier molecular flexibility index (Phi) is 6.45. The van der Waals surface area contributed by atoms with Crippen LogP contribution < -0.4 is 0 Å². The molecule has 1 unspecified atom stereocenters. The van der Waals surface area contributed by atoms with Gasteiger partial charge < -0.3 is 9.53 Å². The lowest BCUT2D eigenvalue weighted by atomic mass is 9.96. The molecule has 0 radical (unpaired) electrons. The van der Waals surface area contributed by atoms with Crippen molar-refractivity contribution in [2.24, 2.45) is 11.8 Å². The lowest BCUT2D eigenvalue weighted by molar-refractivity contribution is 0.268. The summed E-state index contributed by atoms with van der Waals surface area (Å²) in [7, 11) is -1.71. The molecule has 1 aliphatic carbocycles. The Morgan fingerprint density at radius 1 is 1.24 bits per heavy atom. The average molecular weight is 311 g/mol. The van der Waals surface area contributed by atoms with Crippen molar-refractivity contribution < 1.29 is 9.53 Å². The first-order valence-corrected chi connectivity index (χ1v) is 11.1. The Bertz CT molecular complexity index is 400. The van der Waals surface area contributed by atoms with Crippen molar-refractivity contribution >= 4 is 8.32 Å². The fourth-order valence-corrected chi connectivity index (χ4v) is 3.37. The summed E-state index contributed by atoms with van der Waals surface area (Å²) in [5, 5.41) is 9.73. The summed E-state index contributed by atoms with van der Waals surface area (Å²) in [6.07, 6.45) is 6.65. The molecule has 2 nitrogen and oxygen atoms in total.